The number of hydrogen-bond acceptors (Lipinski definition) is 7. The molecule has 3 atom stereocenters. The molecule has 0 aromatic carbocycles. The summed E-state index contributed by atoms with van der Waals surface area (Å²) in [7, 11) is 0. The number of nitrogens with zero attached hydrogens (tertiary/aromatic N) is 4. The molecular weight excluding hydrogens is 400 g/mol. The second kappa shape index (κ2) is 7.81. The van der Waals surface area contributed by atoms with Crippen molar-refractivity contribution in [1.82, 2.24) is 24.7 Å². The van der Waals surface area contributed by atoms with Crippen molar-refractivity contribution in [2.24, 2.45) is 11.3 Å². The molecule has 4 rings (SSSR count). The maximum Gasteiger partial charge on any atom is 0.279 e. The lowest BCUT2D eigenvalue weighted by Crippen LogP contribution is -2.34. The Hall–Kier alpha value is -2.37. The van der Waals surface area contributed by atoms with Crippen LogP contribution >= 0.6 is 0 Å². The van der Waals surface area contributed by atoms with Gasteiger partial charge in [-0.2, -0.15) is 0 Å². The third kappa shape index (κ3) is 4.31. The monoisotopic (exact) mass is 421 g/mol. The van der Waals surface area contributed by atoms with Crippen LogP contribution in [0.2, 0.25) is 0 Å². The molecule has 1 saturated carbocycles. The highest BCUT2D eigenvalue weighted by molar-refractivity contribution is 7.88. The smallest absolute Gasteiger partial charge is 0.279 e. The number of H-pyrrole nitrogens is 1. The molecular formula is C18H21F2N7OS. The Morgan fingerprint density at radius 3 is 3.10 bits per heavy atom. The molecule has 0 radical (unpaired) electrons. The zero-order valence-corrected chi connectivity index (χ0v) is 16.5. The van der Waals surface area contributed by atoms with E-state index in [1.807, 2.05) is 6.07 Å². The van der Waals surface area contributed by atoms with Gasteiger partial charge in [0, 0.05) is 42.5 Å². The molecule has 0 spiro atoms. The fraction of sp³-hybridized carbons (Fsp3) is 0.444. The molecule has 2 aliphatic rings. The van der Waals surface area contributed by atoms with Gasteiger partial charge in [0.25, 0.3) is 6.43 Å². The molecule has 154 valence electrons. The van der Waals surface area contributed by atoms with Crippen molar-refractivity contribution in [3.63, 3.8) is 0 Å². The lowest BCUT2D eigenvalue weighted by Gasteiger charge is -2.22. The molecule has 11 heteroatoms. The molecule has 2 aromatic heterocycles. The summed E-state index contributed by atoms with van der Waals surface area (Å²) in [5, 5.41) is 7.15. The Balaban J connectivity index is 1.45. The number of alkyl halides is 2. The number of nitrogens with one attached hydrogen (secondary N) is 3. The Morgan fingerprint density at radius 1 is 1.52 bits per heavy atom. The average molecular weight is 421 g/mol. The van der Waals surface area contributed by atoms with Crippen LogP contribution in [0.3, 0.4) is 0 Å². The summed E-state index contributed by atoms with van der Waals surface area (Å²) in [6, 6.07) is 1.87. The number of hydrogen-bond donors (Lipinski definition) is 3. The third-order valence-corrected chi connectivity index (χ3v) is 5.99. The van der Waals surface area contributed by atoms with Crippen LogP contribution in [-0.4, -0.2) is 62.5 Å². The van der Waals surface area contributed by atoms with Gasteiger partial charge in [-0.1, -0.05) is 0 Å². The first-order valence-corrected chi connectivity index (χ1v) is 10.7. The van der Waals surface area contributed by atoms with Crippen molar-refractivity contribution in [2.75, 3.05) is 30.8 Å². The summed E-state index contributed by atoms with van der Waals surface area (Å²) in [5.41, 5.74) is 0.681. The highest BCUT2D eigenvalue weighted by atomic mass is 32.2. The minimum atomic E-state index is -2.81. The number of allylic oxidation sites excluding steroid dienone is 1. The molecule has 3 unspecified atom stereocenters. The van der Waals surface area contributed by atoms with Gasteiger partial charge in [-0.25, -0.2) is 23.7 Å². The van der Waals surface area contributed by atoms with Gasteiger partial charge in [0.05, 0.1) is 23.3 Å². The molecule has 1 saturated heterocycles. The minimum Gasteiger partial charge on any atom is -0.598 e. The molecule has 1 aliphatic carbocycles. The van der Waals surface area contributed by atoms with E-state index in [4.69, 9.17) is 5.41 Å². The van der Waals surface area contributed by atoms with Crippen molar-refractivity contribution in [3.8, 4) is 11.4 Å². The normalized spacial score (nSPS) is 24.3. The van der Waals surface area contributed by atoms with Crippen molar-refractivity contribution in [1.29, 1.82) is 5.41 Å². The molecule has 2 aromatic rings. The van der Waals surface area contributed by atoms with Crippen LogP contribution < -0.4 is 9.62 Å². The fourth-order valence-corrected chi connectivity index (χ4v) is 4.24. The first-order chi connectivity index (χ1) is 13.9. The number of imidazole rings is 1. The fourth-order valence-electron chi connectivity index (χ4n) is 3.75. The van der Waals surface area contributed by atoms with Gasteiger partial charge >= 0.3 is 0 Å². The van der Waals surface area contributed by atoms with E-state index in [0.717, 1.165) is 37.9 Å². The molecule has 0 bridgehead atoms. The maximum atomic E-state index is 12.4. The standard InChI is InChI=1S/C18H21F2N7OS/c1-29(28)25-8-18-5-11(18)7-27(9-18)16-4-13(23-10-24-16)14-6-22-15(26-14)3-2-12(21)17(19)20/h2-4,6,10-11,17,21,25H,5,7-9H2,1H3,(H,22,26)/b3-2-,21-12?. The van der Waals surface area contributed by atoms with Crippen LogP contribution in [-0.2, 0) is 11.4 Å². The molecule has 3 N–H and O–H groups in total. The van der Waals surface area contributed by atoms with Crippen molar-refractivity contribution in [3.05, 3.63) is 30.5 Å². The van der Waals surface area contributed by atoms with Gasteiger partial charge in [-0.3, -0.25) is 5.41 Å². The van der Waals surface area contributed by atoms with Crippen LogP contribution in [0.5, 0.6) is 0 Å². The van der Waals surface area contributed by atoms with Crippen molar-refractivity contribution < 1.29 is 13.3 Å². The average Bonchev–Trinajstić information content (AvgIpc) is 3.05. The Morgan fingerprint density at radius 2 is 2.34 bits per heavy atom. The molecule has 3 heterocycles. The van der Waals surface area contributed by atoms with Crippen LogP contribution in [0, 0.1) is 16.7 Å². The van der Waals surface area contributed by atoms with E-state index in [1.54, 1.807) is 12.5 Å². The lowest BCUT2D eigenvalue weighted by atomic mass is 10.1. The van der Waals surface area contributed by atoms with E-state index in [0.29, 0.717) is 23.1 Å². The maximum absolute atomic E-state index is 12.4. The number of rotatable bonds is 8. The topological polar surface area (TPSA) is 117 Å². The SMILES string of the molecule is C[S+]([O-])NCC12CC1CN(c1cc(-c3cnc(/C=C\C(=N)C(F)F)[nH]3)ncn1)C2. The quantitative estimate of drug-likeness (QED) is 0.443. The Kier molecular flexibility index (Phi) is 5.36. The van der Waals surface area contributed by atoms with E-state index in [1.165, 1.54) is 12.4 Å². The zero-order chi connectivity index (χ0) is 20.6. The Labute approximate surface area is 169 Å². The number of aromatic nitrogens is 4. The van der Waals surface area contributed by atoms with Crippen LogP contribution in [0.1, 0.15) is 12.2 Å². The summed E-state index contributed by atoms with van der Waals surface area (Å²) in [6.07, 6.45) is 5.38. The Bertz CT molecular complexity index is 934. The van der Waals surface area contributed by atoms with Gasteiger partial charge in [-0.15, -0.1) is 4.72 Å². The van der Waals surface area contributed by atoms with Gasteiger partial charge in [-0.05, 0) is 24.5 Å². The molecule has 1 aliphatic heterocycles. The first kappa shape index (κ1) is 19.9. The van der Waals surface area contributed by atoms with Gasteiger partial charge < -0.3 is 14.4 Å². The highest BCUT2D eigenvalue weighted by Gasteiger charge is 2.60. The summed E-state index contributed by atoms with van der Waals surface area (Å²) < 4.78 is 39.2. The van der Waals surface area contributed by atoms with Crippen LogP contribution in [0.25, 0.3) is 17.5 Å². The lowest BCUT2D eigenvalue weighted by molar-refractivity contribution is 0.226. The summed E-state index contributed by atoms with van der Waals surface area (Å²) in [4.78, 5) is 18.0. The van der Waals surface area contributed by atoms with Crippen molar-refractivity contribution in [2.45, 2.75) is 12.8 Å². The second-order valence-corrected chi connectivity index (χ2v) is 8.65. The molecule has 0 amide bonds. The minimum absolute atomic E-state index is 0.165. The number of halogens is 2. The van der Waals surface area contributed by atoms with Gasteiger partial charge in [0.15, 0.2) is 0 Å². The van der Waals surface area contributed by atoms with E-state index in [-0.39, 0.29) is 5.41 Å². The van der Waals surface area contributed by atoms with Crippen molar-refractivity contribution >= 4 is 29.0 Å². The zero-order valence-electron chi connectivity index (χ0n) is 15.7. The van der Waals surface area contributed by atoms with Crippen LogP contribution in [0.4, 0.5) is 14.6 Å². The van der Waals surface area contributed by atoms with Gasteiger partial charge in [0.2, 0.25) is 0 Å². The number of fused-ring (bicyclic) bond motifs is 1. The molecule has 8 nitrogen and oxygen atoms in total. The van der Waals surface area contributed by atoms with E-state index < -0.39 is 23.5 Å². The first-order valence-electron chi connectivity index (χ1n) is 9.10. The van der Waals surface area contributed by atoms with Crippen LogP contribution in [0.15, 0.2) is 24.7 Å². The largest absolute Gasteiger partial charge is 0.598 e. The number of anilines is 1. The van der Waals surface area contributed by atoms with Gasteiger partial charge in [0.1, 0.15) is 24.2 Å². The highest BCUT2D eigenvalue weighted by Crippen LogP contribution is 2.57. The predicted octanol–water partition coefficient (Wildman–Crippen LogP) is 1.87. The number of aromatic amines is 1. The summed E-state index contributed by atoms with van der Waals surface area (Å²) in [6.45, 7) is 2.49. The second-order valence-electron chi connectivity index (χ2n) is 7.45. The summed E-state index contributed by atoms with van der Waals surface area (Å²) in [5.74, 6) is 1.75. The number of piperidine rings is 1. The van der Waals surface area contributed by atoms with E-state index in [2.05, 4.69) is 29.6 Å². The van der Waals surface area contributed by atoms with E-state index >= 15 is 0 Å². The molecule has 29 heavy (non-hydrogen) atoms. The third-order valence-electron chi connectivity index (χ3n) is 5.44. The van der Waals surface area contributed by atoms with E-state index in [9.17, 15) is 13.3 Å². The predicted molar refractivity (Wildman–Crippen MR) is 107 cm³/mol. The molecule has 2 fully saturated rings. The summed E-state index contributed by atoms with van der Waals surface area (Å²) >= 11 is -1.02.